The maximum atomic E-state index is 12.1. The first-order valence-corrected chi connectivity index (χ1v) is 8.97. The molecule has 134 valence electrons. The average Bonchev–Trinajstić information content (AvgIpc) is 3.17. The number of rotatable bonds is 7. The Balaban J connectivity index is 1.65. The van der Waals surface area contributed by atoms with Crippen LogP contribution in [-0.2, 0) is 11.2 Å². The van der Waals surface area contributed by atoms with Gasteiger partial charge in [0.2, 0.25) is 17.6 Å². The molecule has 0 aliphatic heterocycles. The average molecular weight is 349 g/mol. The molecule has 0 N–H and O–H groups in total. The van der Waals surface area contributed by atoms with Crippen molar-refractivity contribution >= 4 is 5.91 Å². The number of nitrogens with zero attached hydrogens (tertiary/aromatic N) is 3. The summed E-state index contributed by atoms with van der Waals surface area (Å²) in [5.41, 5.74) is 3.21. The van der Waals surface area contributed by atoms with Crippen LogP contribution in [0.5, 0.6) is 0 Å². The molecule has 0 bridgehead atoms. The van der Waals surface area contributed by atoms with Crippen molar-refractivity contribution in [1.82, 2.24) is 15.0 Å². The molecule has 26 heavy (non-hydrogen) atoms. The minimum absolute atomic E-state index is 0.113. The highest BCUT2D eigenvalue weighted by atomic mass is 16.5. The van der Waals surface area contributed by atoms with Crippen LogP contribution < -0.4 is 0 Å². The van der Waals surface area contributed by atoms with Crippen LogP contribution in [0.1, 0.15) is 26.2 Å². The standard InChI is InChI=1S/C21H23N3O2/c1-3-24(4-2)20(25)15-14-19-22-21(23-26-19)18-12-10-17(11-13-18)16-8-6-5-7-9-16/h5-13H,3-4,14-15H2,1-2H3. The maximum absolute atomic E-state index is 12.1. The lowest BCUT2D eigenvalue weighted by Crippen LogP contribution is -2.30. The summed E-state index contributed by atoms with van der Waals surface area (Å²) in [7, 11) is 0. The van der Waals surface area contributed by atoms with Crippen molar-refractivity contribution in [3.8, 4) is 22.5 Å². The lowest BCUT2D eigenvalue weighted by atomic mass is 10.0. The first kappa shape index (κ1) is 17.9. The number of hydrogen-bond donors (Lipinski definition) is 0. The molecule has 0 aliphatic carbocycles. The highest BCUT2D eigenvalue weighted by Gasteiger charge is 2.13. The lowest BCUT2D eigenvalue weighted by Gasteiger charge is -2.17. The van der Waals surface area contributed by atoms with E-state index in [1.807, 2.05) is 56.3 Å². The first-order valence-electron chi connectivity index (χ1n) is 8.97. The molecule has 1 amide bonds. The van der Waals surface area contributed by atoms with Gasteiger partial charge in [-0.05, 0) is 25.0 Å². The number of amides is 1. The SMILES string of the molecule is CCN(CC)C(=O)CCc1nc(-c2ccc(-c3ccccc3)cc2)no1. The summed E-state index contributed by atoms with van der Waals surface area (Å²) in [4.78, 5) is 18.3. The Hall–Kier alpha value is -2.95. The molecule has 1 heterocycles. The third kappa shape index (κ3) is 4.17. The quantitative estimate of drug-likeness (QED) is 0.641. The van der Waals surface area contributed by atoms with Crippen LogP contribution >= 0.6 is 0 Å². The fourth-order valence-electron chi connectivity index (χ4n) is 2.86. The minimum Gasteiger partial charge on any atom is -0.343 e. The Morgan fingerprint density at radius 2 is 1.54 bits per heavy atom. The van der Waals surface area contributed by atoms with Crippen LogP contribution in [-0.4, -0.2) is 34.0 Å². The van der Waals surface area contributed by atoms with Crippen molar-refractivity contribution in [2.24, 2.45) is 0 Å². The predicted molar refractivity (Wildman–Crippen MR) is 101 cm³/mol. The predicted octanol–water partition coefficient (Wildman–Crippen LogP) is 4.20. The minimum atomic E-state index is 0.113. The first-order chi connectivity index (χ1) is 12.7. The summed E-state index contributed by atoms with van der Waals surface area (Å²) in [5.74, 6) is 1.16. The molecule has 0 fully saturated rings. The van der Waals surface area contributed by atoms with Gasteiger partial charge in [0.15, 0.2) is 0 Å². The largest absolute Gasteiger partial charge is 0.343 e. The fraction of sp³-hybridized carbons (Fsp3) is 0.286. The number of carbonyl (C=O) groups excluding carboxylic acids is 1. The molecule has 0 saturated carbocycles. The molecular formula is C21H23N3O2. The summed E-state index contributed by atoms with van der Waals surface area (Å²) in [6.07, 6.45) is 0.848. The van der Waals surface area contributed by atoms with Crippen LogP contribution in [0.2, 0.25) is 0 Å². The molecule has 0 unspecified atom stereocenters. The molecule has 3 aromatic rings. The van der Waals surface area contributed by atoms with Gasteiger partial charge in [-0.1, -0.05) is 59.8 Å². The molecule has 0 atom stereocenters. The van der Waals surface area contributed by atoms with E-state index < -0.39 is 0 Å². The maximum Gasteiger partial charge on any atom is 0.227 e. The molecule has 5 heteroatoms. The van der Waals surface area contributed by atoms with Gasteiger partial charge in [-0.3, -0.25) is 4.79 Å². The lowest BCUT2D eigenvalue weighted by molar-refractivity contribution is -0.130. The van der Waals surface area contributed by atoms with E-state index >= 15 is 0 Å². The van der Waals surface area contributed by atoms with E-state index in [9.17, 15) is 4.79 Å². The zero-order valence-corrected chi connectivity index (χ0v) is 15.2. The van der Waals surface area contributed by atoms with E-state index in [2.05, 4.69) is 22.3 Å². The van der Waals surface area contributed by atoms with E-state index in [0.29, 0.717) is 24.6 Å². The Bertz CT molecular complexity index is 837. The monoisotopic (exact) mass is 349 g/mol. The smallest absolute Gasteiger partial charge is 0.227 e. The zero-order chi connectivity index (χ0) is 18.4. The third-order valence-corrected chi connectivity index (χ3v) is 4.39. The molecular weight excluding hydrogens is 326 g/mol. The zero-order valence-electron chi connectivity index (χ0n) is 15.2. The van der Waals surface area contributed by atoms with E-state index in [0.717, 1.165) is 24.2 Å². The highest BCUT2D eigenvalue weighted by Crippen LogP contribution is 2.23. The van der Waals surface area contributed by atoms with Crippen LogP contribution in [0, 0.1) is 0 Å². The summed E-state index contributed by atoms with van der Waals surface area (Å²) in [6.45, 7) is 5.40. The van der Waals surface area contributed by atoms with Crippen LogP contribution in [0.25, 0.3) is 22.5 Å². The van der Waals surface area contributed by atoms with Crippen molar-refractivity contribution in [2.75, 3.05) is 13.1 Å². The van der Waals surface area contributed by atoms with Crippen molar-refractivity contribution in [3.63, 3.8) is 0 Å². The third-order valence-electron chi connectivity index (χ3n) is 4.39. The summed E-state index contributed by atoms with van der Waals surface area (Å²) in [5, 5.41) is 4.04. The fourth-order valence-corrected chi connectivity index (χ4v) is 2.86. The molecule has 2 aromatic carbocycles. The van der Waals surface area contributed by atoms with Gasteiger partial charge >= 0.3 is 0 Å². The van der Waals surface area contributed by atoms with Gasteiger partial charge in [-0.25, -0.2) is 0 Å². The van der Waals surface area contributed by atoms with E-state index in [1.54, 1.807) is 4.90 Å². The van der Waals surface area contributed by atoms with Gasteiger partial charge in [0.1, 0.15) is 0 Å². The van der Waals surface area contributed by atoms with E-state index in [4.69, 9.17) is 4.52 Å². The summed E-state index contributed by atoms with van der Waals surface area (Å²) in [6, 6.07) is 18.3. The van der Waals surface area contributed by atoms with Crippen LogP contribution in [0.15, 0.2) is 59.1 Å². The van der Waals surface area contributed by atoms with Gasteiger partial charge in [0.05, 0.1) is 0 Å². The number of aryl methyl sites for hydroxylation is 1. The van der Waals surface area contributed by atoms with Crippen molar-refractivity contribution in [3.05, 3.63) is 60.5 Å². The highest BCUT2D eigenvalue weighted by molar-refractivity contribution is 5.76. The Morgan fingerprint density at radius 3 is 2.19 bits per heavy atom. The van der Waals surface area contributed by atoms with Crippen LogP contribution in [0.3, 0.4) is 0 Å². The summed E-state index contributed by atoms with van der Waals surface area (Å²) < 4.78 is 5.30. The number of benzene rings is 2. The normalized spacial score (nSPS) is 10.7. The molecule has 5 nitrogen and oxygen atoms in total. The second kappa shape index (κ2) is 8.43. The molecule has 0 radical (unpaired) electrons. The Morgan fingerprint density at radius 1 is 0.923 bits per heavy atom. The van der Waals surface area contributed by atoms with Crippen molar-refractivity contribution in [2.45, 2.75) is 26.7 Å². The summed E-state index contributed by atoms with van der Waals surface area (Å²) >= 11 is 0. The van der Waals surface area contributed by atoms with Gasteiger partial charge in [-0.15, -0.1) is 0 Å². The molecule has 0 spiro atoms. The number of hydrogen-bond acceptors (Lipinski definition) is 4. The second-order valence-electron chi connectivity index (χ2n) is 6.02. The van der Waals surface area contributed by atoms with Crippen molar-refractivity contribution < 1.29 is 9.32 Å². The molecule has 1 aromatic heterocycles. The van der Waals surface area contributed by atoms with Crippen molar-refractivity contribution in [1.29, 1.82) is 0 Å². The Labute approximate surface area is 153 Å². The Kier molecular flexibility index (Phi) is 5.79. The van der Waals surface area contributed by atoms with Gasteiger partial charge in [-0.2, -0.15) is 4.98 Å². The number of aromatic nitrogens is 2. The van der Waals surface area contributed by atoms with E-state index in [1.165, 1.54) is 5.56 Å². The van der Waals surface area contributed by atoms with E-state index in [-0.39, 0.29) is 5.91 Å². The van der Waals surface area contributed by atoms with Gasteiger partial charge < -0.3 is 9.42 Å². The van der Waals surface area contributed by atoms with Gasteiger partial charge in [0, 0.05) is 31.5 Å². The molecule has 3 rings (SSSR count). The second-order valence-corrected chi connectivity index (χ2v) is 6.02. The topological polar surface area (TPSA) is 59.2 Å². The molecule has 0 aliphatic rings. The number of carbonyl (C=O) groups is 1. The molecule has 0 saturated heterocycles. The van der Waals surface area contributed by atoms with Gasteiger partial charge in [0.25, 0.3) is 0 Å². The van der Waals surface area contributed by atoms with Crippen LogP contribution in [0.4, 0.5) is 0 Å².